The quantitative estimate of drug-likeness (QED) is 0.678. The lowest BCUT2D eigenvalue weighted by molar-refractivity contribution is 0.529. The van der Waals surface area contributed by atoms with Crippen LogP contribution in [0.2, 0.25) is 0 Å². The molecule has 0 aromatic heterocycles. The van der Waals surface area contributed by atoms with E-state index in [1.807, 2.05) is 6.08 Å². The monoisotopic (exact) mass is 240 g/mol. The fraction of sp³-hybridized carbons (Fsp3) is 0.444. The highest BCUT2D eigenvalue weighted by Gasteiger charge is 2.28. The molecule has 1 unspecified atom stereocenters. The van der Waals surface area contributed by atoms with E-state index in [-0.39, 0.29) is 5.41 Å². The fourth-order valence-corrected chi connectivity index (χ4v) is 3.04. The maximum Gasteiger partial charge on any atom is 0.0146 e. The van der Waals surface area contributed by atoms with Gasteiger partial charge in [0.15, 0.2) is 0 Å². The van der Waals surface area contributed by atoms with E-state index in [0.717, 1.165) is 0 Å². The van der Waals surface area contributed by atoms with Gasteiger partial charge in [0.1, 0.15) is 0 Å². The molecule has 0 fully saturated rings. The Morgan fingerprint density at radius 1 is 1.33 bits per heavy atom. The Labute approximate surface area is 111 Å². The minimum atomic E-state index is 0.0756. The zero-order chi connectivity index (χ0) is 13.2. The molecule has 1 aliphatic carbocycles. The summed E-state index contributed by atoms with van der Waals surface area (Å²) < 4.78 is 0. The van der Waals surface area contributed by atoms with Gasteiger partial charge in [-0.1, -0.05) is 63.8 Å². The lowest BCUT2D eigenvalue weighted by Crippen LogP contribution is -2.24. The van der Waals surface area contributed by atoms with Crippen molar-refractivity contribution in [2.24, 2.45) is 5.92 Å². The predicted molar refractivity (Wildman–Crippen MR) is 79.9 cm³/mol. The normalized spacial score (nSPS) is 22.4. The molecular weight excluding hydrogens is 216 g/mol. The van der Waals surface area contributed by atoms with Gasteiger partial charge in [0, 0.05) is 5.41 Å². The van der Waals surface area contributed by atoms with Crippen LogP contribution < -0.4 is 0 Å². The molecule has 1 atom stereocenters. The van der Waals surface area contributed by atoms with Crippen LogP contribution in [0.5, 0.6) is 0 Å². The number of hydrogen-bond acceptors (Lipinski definition) is 0. The molecule has 1 aliphatic rings. The molecule has 0 spiro atoms. The van der Waals surface area contributed by atoms with E-state index in [1.165, 1.54) is 36.0 Å². The second kappa shape index (κ2) is 5.14. The van der Waals surface area contributed by atoms with Crippen LogP contribution in [0.25, 0.3) is 0 Å². The minimum Gasteiger partial charge on any atom is -0.0988 e. The third-order valence-corrected chi connectivity index (χ3v) is 4.36. The Balaban J connectivity index is 2.56. The van der Waals surface area contributed by atoms with Crippen molar-refractivity contribution in [2.75, 3.05) is 0 Å². The van der Waals surface area contributed by atoms with Crippen molar-refractivity contribution in [3.8, 4) is 0 Å². The van der Waals surface area contributed by atoms with Crippen molar-refractivity contribution in [3.05, 3.63) is 59.7 Å². The average Bonchev–Trinajstić information content (AvgIpc) is 2.37. The zero-order valence-electron chi connectivity index (χ0n) is 11.9. The predicted octanol–water partition coefficient (Wildman–Crippen LogP) is 5.05. The van der Waals surface area contributed by atoms with E-state index in [1.54, 1.807) is 0 Å². The van der Waals surface area contributed by atoms with Gasteiger partial charge in [0.2, 0.25) is 0 Å². The van der Waals surface area contributed by atoms with Crippen molar-refractivity contribution in [3.63, 3.8) is 0 Å². The van der Waals surface area contributed by atoms with Crippen LogP contribution in [0.3, 0.4) is 0 Å². The summed E-state index contributed by atoms with van der Waals surface area (Å²) >= 11 is 0. The summed E-state index contributed by atoms with van der Waals surface area (Å²) in [4.78, 5) is 0. The second-order valence-corrected chi connectivity index (χ2v) is 5.82. The lowest BCUT2D eigenvalue weighted by Gasteiger charge is -2.33. The number of rotatable bonds is 2. The van der Waals surface area contributed by atoms with Crippen molar-refractivity contribution < 1.29 is 0 Å². The number of benzene rings is 1. The van der Waals surface area contributed by atoms with Crippen LogP contribution >= 0.6 is 0 Å². The Hall–Kier alpha value is -1.30. The minimum absolute atomic E-state index is 0.0756. The second-order valence-electron chi connectivity index (χ2n) is 5.82. The fourth-order valence-electron chi connectivity index (χ4n) is 3.04. The molecule has 1 aromatic rings. The molecule has 0 heterocycles. The average molecular weight is 240 g/mol. The number of allylic oxidation sites excluding steroid dienone is 3. The molecule has 0 amide bonds. The molecule has 96 valence electrons. The SMILES string of the molecule is C=CC1=CC(CC)CCc2ccccc2C1(C)C. The summed E-state index contributed by atoms with van der Waals surface area (Å²) in [6, 6.07) is 8.88. The first kappa shape index (κ1) is 13.1. The van der Waals surface area contributed by atoms with Gasteiger partial charge in [-0.05, 0) is 41.9 Å². The van der Waals surface area contributed by atoms with Gasteiger partial charge >= 0.3 is 0 Å². The van der Waals surface area contributed by atoms with Crippen molar-refractivity contribution >= 4 is 0 Å². The maximum atomic E-state index is 4.03. The van der Waals surface area contributed by atoms with Crippen molar-refractivity contribution in [1.29, 1.82) is 0 Å². The van der Waals surface area contributed by atoms with Gasteiger partial charge in [-0.15, -0.1) is 0 Å². The van der Waals surface area contributed by atoms with E-state index >= 15 is 0 Å². The molecule has 0 N–H and O–H groups in total. The van der Waals surface area contributed by atoms with Crippen LogP contribution in [-0.2, 0) is 11.8 Å². The molecule has 0 heteroatoms. The first-order chi connectivity index (χ1) is 8.59. The first-order valence-corrected chi connectivity index (χ1v) is 7.02. The smallest absolute Gasteiger partial charge is 0.0146 e. The topological polar surface area (TPSA) is 0 Å². The molecule has 0 aliphatic heterocycles. The molecular formula is C18H24. The zero-order valence-corrected chi connectivity index (χ0v) is 11.9. The number of fused-ring (bicyclic) bond motifs is 1. The molecule has 0 saturated heterocycles. The van der Waals surface area contributed by atoms with Crippen LogP contribution in [0.4, 0.5) is 0 Å². The molecule has 0 radical (unpaired) electrons. The largest absolute Gasteiger partial charge is 0.0988 e. The van der Waals surface area contributed by atoms with Gasteiger partial charge in [0.25, 0.3) is 0 Å². The molecule has 0 bridgehead atoms. The van der Waals surface area contributed by atoms with Gasteiger partial charge in [-0.2, -0.15) is 0 Å². The van der Waals surface area contributed by atoms with Crippen LogP contribution in [0.15, 0.2) is 48.6 Å². The third kappa shape index (κ3) is 2.29. The van der Waals surface area contributed by atoms with Gasteiger partial charge in [0.05, 0.1) is 0 Å². The molecule has 18 heavy (non-hydrogen) atoms. The Morgan fingerprint density at radius 3 is 2.72 bits per heavy atom. The molecule has 0 saturated carbocycles. The van der Waals surface area contributed by atoms with E-state index in [4.69, 9.17) is 0 Å². The Bertz CT molecular complexity index is 463. The van der Waals surface area contributed by atoms with Gasteiger partial charge < -0.3 is 0 Å². The maximum absolute atomic E-state index is 4.03. The van der Waals surface area contributed by atoms with E-state index < -0.39 is 0 Å². The van der Waals surface area contributed by atoms with E-state index in [2.05, 4.69) is 57.7 Å². The first-order valence-electron chi connectivity index (χ1n) is 7.02. The number of hydrogen-bond donors (Lipinski definition) is 0. The van der Waals surface area contributed by atoms with Crippen molar-refractivity contribution in [1.82, 2.24) is 0 Å². The van der Waals surface area contributed by atoms with E-state index in [0.29, 0.717) is 5.92 Å². The molecule has 1 aromatic carbocycles. The number of aryl methyl sites for hydroxylation is 1. The summed E-state index contributed by atoms with van der Waals surface area (Å²) in [5.74, 6) is 0.686. The molecule has 0 nitrogen and oxygen atoms in total. The highest BCUT2D eigenvalue weighted by molar-refractivity contribution is 5.45. The van der Waals surface area contributed by atoms with Crippen LogP contribution in [0, 0.1) is 5.92 Å². The summed E-state index contributed by atoms with van der Waals surface area (Å²) in [5, 5.41) is 0. The van der Waals surface area contributed by atoms with Crippen LogP contribution in [0.1, 0.15) is 44.7 Å². The third-order valence-electron chi connectivity index (χ3n) is 4.36. The van der Waals surface area contributed by atoms with E-state index in [9.17, 15) is 0 Å². The van der Waals surface area contributed by atoms with Gasteiger partial charge in [-0.25, -0.2) is 0 Å². The van der Waals surface area contributed by atoms with Crippen LogP contribution in [-0.4, -0.2) is 0 Å². The lowest BCUT2D eigenvalue weighted by atomic mass is 9.71. The summed E-state index contributed by atoms with van der Waals surface area (Å²) in [7, 11) is 0. The highest BCUT2D eigenvalue weighted by Crippen LogP contribution is 2.38. The standard InChI is InChI=1S/C18H24/c1-5-14-11-12-15-9-7-8-10-17(15)18(3,4)16(6-2)13-14/h6-10,13-14H,2,5,11-12H2,1,3-4H3. The molecule has 2 rings (SSSR count). The highest BCUT2D eigenvalue weighted by atomic mass is 14.3. The Kier molecular flexibility index (Phi) is 3.75. The van der Waals surface area contributed by atoms with Gasteiger partial charge in [-0.3, -0.25) is 0 Å². The Morgan fingerprint density at radius 2 is 2.06 bits per heavy atom. The summed E-state index contributed by atoms with van der Waals surface area (Å²) in [6.07, 6.45) is 8.16. The summed E-state index contributed by atoms with van der Waals surface area (Å²) in [5.41, 5.74) is 4.42. The van der Waals surface area contributed by atoms with Crippen molar-refractivity contribution in [2.45, 2.75) is 45.4 Å². The summed E-state index contributed by atoms with van der Waals surface area (Å²) in [6.45, 7) is 10.9.